The Labute approximate surface area is 371 Å². The zero-order chi connectivity index (χ0) is 50.5. The van der Waals surface area contributed by atoms with Gasteiger partial charge in [0.05, 0.1) is 47.1 Å². The van der Waals surface area contributed by atoms with Crippen molar-refractivity contribution in [3.63, 3.8) is 0 Å². The molecule has 7 aromatic carbocycles. The van der Waals surface area contributed by atoms with E-state index in [-0.39, 0.29) is 33.4 Å². The van der Waals surface area contributed by atoms with Gasteiger partial charge in [0, 0.05) is 23.0 Å². The molecule has 0 unspecified atom stereocenters. The Hall–Kier alpha value is -7.24. The van der Waals surface area contributed by atoms with Crippen molar-refractivity contribution in [3.8, 4) is 50.9 Å². The van der Waals surface area contributed by atoms with Crippen molar-refractivity contribution in [2.24, 2.45) is 0 Å². The van der Waals surface area contributed by atoms with Crippen LogP contribution in [0.25, 0.3) is 72.3 Å². The molecule has 0 bridgehead atoms. The van der Waals surface area contributed by atoms with Crippen LogP contribution in [0.15, 0.2) is 176 Å². The quantitative estimate of drug-likeness (QED) is 0.113. The molecule has 0 amide bonds. The van der Waals surface area contributed by atoms with Gasteiger partial charge in [-0.05, 0) is 112 Å². The van der Waals surface area contributed by atoms with Gasteiger partial charge in [-0.3, -0.25) is 13.7 Å². The maximum Gasteiger partial charge on any atom is 0.269 e. The molecule has 298 valence electrons. The average molecular weight is 803 g/mol. The molecule has 0 spiro atoms. The van der Waals surface area contributed by atoms with Crippen molar-refractivity contribution < 1.29 is 23.0 Å². The van der Waals surface area contributed by atoms with Gasteiger partial charge in [-0.25, -0.2) is 4.98 Å². The smallest absolute Gasteiger partial charge is 0.269 e. The van der Waals surface area contributed by atoms with E-state index in [2.05, 4.69) is 75.8 Å². The molecule has 0 saturated carbocycles. The Morgan fingerprint density at radius 3 is 2.07 bits per heavy atom. The number of imidazole rings is 1. The minimum Gasteiger partial charge on any atom is -0.458 e. The Morgan fingerprint density at radius 2 is 1.36 bits per heavy atom. The number of aromatic nitrogens is 4. The fraction of sp³-hybridized carbons (Fsp3) is 0.143. The van der Waals surface area contributed by atoms with E-state index in [1.165, 1.54) is 11.1 Å². The predicted molar refractivity (Wildman–Crippen MR) is 251 cm³/mol. The van der Waals surface area contributed by atoms with Gasteiger partial charge >= 0.3 is 0 Å². The van der Waals surface area contributed by atoms with E-state index in [0.717, 1.165) is 33.2 Å². The Kier molecular flexibility index (Phi) is 7.00. The standard InChI is InChI=1S/C56H48N4O/c1-37(2)41-30-31-57-53(32-41)60-50-29-26-42(56(4,5)6)33-49(50)48-28-27-45(35-52(48)60)61-44-22-14-21-43(34-44)58-36-59(54-38(3)16-13-25-51(54)58)55-46(39-17-9-7-10-18-39)23-15-24-47(55)40-19-11-8-12-20-40/h7-35,37H,1-6H3/i7D,8D,9D,10D,11D,12D,17D,18D,19D,20D. The lowest BCUT2D eigenvalue weighted by molar-refractivity contribution is -0.571. The number of aryl methyl sites for hydroxylation is 1. The molecule has 0 aliphatic carbocycles. The summed E-state index contributed by atoms with van der Waals surface area (Å²) < 4.78 is 99.8. The van der Waals surface area contributed by atoms with E-state index in [9.17, 15) is 0 Å². The first kappa shape index (κ1) is 28.3. The van der Waals surface area contributed by atoms with Crippen LogP contribution in [0.2, 0.25) is 0 Å². The molecule has 10 aromatic rings. The summed E-state index contributed by atoms with van der Waals surface area (Å²) in [6, 6.07) is 29.8. The largest absolute Gasteiger partial charge is 0.458 e. The molecule has 3 aromatic heterocycles. The molecule has 0 aliphatic rings. The van der Waals surface area contributed by atoms with Gasteiger partial charge in [-0.1, -0.05) is 144 Å². The molecule has 0 fully saturated rings. The highest BCUT2D eigenvalue weighted by Crippen LogP contribution is 2.39. The lowest BCUT2D eigenvalue weighted by Gasteiger charge is -2.19. The van der Waals surface area contributed by atoms with Gasteiger partial charge in [0.2, 0.25) is 0 Å². The minimum atomic E-state index is -0.564. The molecule has 61 heavy (non-hydrogen) atoms. The number of hydrogen-bond donors (Lipinski definition) is 0. The third-order valence-corrected chi connectivity index (χ3v) is 11.3. The van der Waals surface area contributed by atoms with Crippen LogP contribution in [0.4, 0.5) is 0 Å². The second-order valence-corrected chi connectivity index (χ2v) is 16.6. The molecule has 0 N–H and O–H groups in total. The molecule has 5 heteroatoms. The van der Waals surface area contributed by atoms with E-state index in [4.69, 9.17) is 23.4 Å². The van der Waals surface area contributed by atoms with Crippen molar-refractivity contribution in [2.45, 2.75) is 52.9 Å². The first-order valence-electron chi connectivity index (χ1n) is 25.3. The van der Waals surface area contributed by atoms with Crippen molar-refractivity contribution in [1.29, 1.82) is 0 Å². The summed E-state index contributed by atoms with van der Waals surface area (Å²) >= 11 is 0. The number of benzene rings is 7. The first-order valence-corrected chi connectivity index (χ1v) is 20.3. The minimum absolute atomic E-state index is 0.0622. The maximum atomic E-state index is 9.06. The van der Waals surface area contributed by atoms with Gasteiger partial charge in [-0.15, -0.1) is 0 Å². The monoisotopic (exact) mass is 802 g/mol. The third-order valence-electron chi connectivity index (χ3n) is 11.3. The summed E-state index contributed by atoms with van der Waals surface area (Å²) in [6.45, 7) is 12.9. The average Bonchev–Trinajstić information content (AvgIpc) is 3.90. The van der Waals surface area contributed by atoms with Crippen molar-refractivity contribution in [1.82, 2.24) is 14.1 Å². The zero-order valence-corrected chi connectivity index (χ0v) is 34.7. The molecule has 10 rings (SSSR count). The number of pyridine rings is 1. The second-order valence-electron chi connectivity index (χ2n) is 16.6. The molecule has 0 aliphatic heterocycles. The highest BCUT2D eigenvalue weighted by Gasteiger charge is 2.22. The van der Waals surface area contributed by atoms with Crippen LogP contribution in [0.3, 0.4) is 0 Å². The Balaban J connectivity index is 1.16. The summed E-state index contributed by atoms with van der Waals surface area (Å²) in [5, 5.41) is 2.17. The molecular weight excluding hydrogens is 745 g/mol. The summed E-state index contributed by atoms with van der Waals surface area (Å²) in [7, 11) is 0. The van der Waals surface area contributed by atoms with Crippen LogP contribution in [-0.2, 0) is 5.41 Å². The van der Waals surface area contributed by atoms with Gasteiger partial charge < -0.3 is 4.74 Å². The summed E-state index contributed by atoms with van der Waals surface area (Å²) in [5.74, 6) is 2.23. The van der Waals surface area contributed by atoms with Gasteiger partial charge in [0.1, 0.15) is 17.3 Å². The summed E-state index contributed by atoms with van der Waals surface area (Å²) in [6.07, 6.45) is 5.34. The summed E-state index contributed by atoms with van der Waals surface area (Å²) in [4.78, 5) is 4.86. The number of nitrogens with zero attached hydrogens (tertiary/aromatic N) is 4. The highest BCUT2D eigenvalue weighted by molar-refractivity contribution is 6.09. The van der Waals surface area contributed by atoms with E-state index < -0.39 is 60.4 Å². The number of fused-ring (bicyclic) bond motifs is 4. The van der Waals surface area contributed by atoms with E-state index in [0.29, 0.717) is 34.1 Å². The van der Waals surface area contributed by atoms with Crippen molar-refractivity contribution >= 4 is 32.8 Å². The second kappa shape index (κ2) is 15.1. The molecule has 5 nitrogen and oxygen atoms in total. The maximum absolute atomic E-state index is 9.06. The predicted octanol–water partition coefficient (Wildman–Crippen LogP) is 14.1. The van der Waals surface area contributed by atoms with Crippen molar-refractivity contribution in [2.75, 3.05) is 0 Å². The lowest BCUT2D eigenvalue weighted by Crippen LogP contribution is -2.32. The first-order chi connectivity index (χ1) is 33.8. The molecule has 3 heterocycles. The van der Waals surface area contributed by atoms with E-state index in [1.54, 1.807) is 22.8 Å². The number of ether oxygens (including phenoxy) is 1. The van der Waals surface area contributed by atoms with Crippen LogP contribution in [-0.4, -0.2) is 14.1 Å². The Morgan fingerprint density at radius 1 is 0.672 bits per heavy atom. The molecule has 0 radical (unpaired) electrons. The topological polar surface area (TPSA) is 35.9 Å². The third kappa shape index (κ3) is 6.86. The van der Waals surface area contributed by atoms with Gasteiger partial charge in [0.25, 0.3) is 6.33 Å². The SMILES string of the molecule is [2H]c1c([2H])c([2H])c(-c2cccc(-c3c([2H])c([2H])c([2H])c([2H])c3[2H])c2-[n+]2[c-]n(-c3cccc(Oc4ccc5c6cc(C(C)(C)C)ccc6n(-c6cc(C(C)C)ccn6)c5c4)c3)c3cccc(C)c32)c([2H])c1[2H]. The number of hydrogen-bond acceptors (Lipinski definition) is 2. The van der Waals surface area contributed by atoms with E-state index >= 15 is 0 Å². The zero-order valence-electron chi connectivity index (χ0n) is 44.7. The van der Waals surface area contributed by atoms with Crippen molar-refractivity contribution in [3.05, 3.63) is 199 Å². The van der Waals surface area contributed by atoms with Crippen LogP contribution in [0.5, 0.6) is 11.5 Å². The molecule has 0 atom stereocenters. The molecular formula is C56H48N4O. The van der Waals surface area contributed by atoms with Gasteiger partial charge in [-0.2, -0.15) is 0 Å². The van der Waals surface area contributed by atoms with Crippen LogP contribution >= 0.6 is 0 Å². The summed E-state index contributed by atoms with van der Waals surface area (Å²) in [5.41, 5.74) is 7.27. The lowest BCUT2D eigenvalue weighted by atomic mass is 9.86. The highest BCUT2D eigenvalue weighted by atomic mass is 16.5. The van der Waals surface area contributed by atoms with Crippen LogP contribution in [0.1, 0.15) is 70.9 Å². The Bertz CT molecular complexity index is 3710. The van der Waals surface area contributed by atoms with E-state index in [1.807, 2.05) is 78.4 Å². The normalized spacial score (nSPS) is 14.2. The molecule has 0 saturated heterocycles. The van der Waals surface area contributed by atoms with Crippen LogP contribution < -0.4 is 9.30 Å². The number of para-hydroxylation sites is 2. The number of rotatable bonds is 8. The fourth-order valence-electron chi connectivity index (χ4n) is 8.15. The van der Waals surface area contributed by atoms with Gasteiger partial charge in [0.15, 0.2) is 0 Å². The fourth-order valence-corrected chi connectivity index (χ4v) is 8.15. The van der Waals surface area contributed by atoms with Crippen LogP contribution in [0, 0.1) is 13.3 Å².